The van der Waals surface area contributed by atoms with E-state index in [2.05, 4.69) is 11.4 Å². The van der Waals surface area contributed by atoms with E-state index in [1.165, 1.54) is 19.2 Å². The van der Waals surface area contributed by atoms with Gasteiger partial charge in [-0.1, -0.05) is 12.8 Å². The van der Waals surface area contributed by atoms with Crippen molar-refractivity contribution in [2.75, 3.05) is 12.4 Å². The Bertz CT molecular complexity index is 456. The molecule has 1 aliphatic rings. The summed E-state index contributed by atoms with van der Waals surface area (Å²) in [6, 6.07) is 6.89. The number of methoxy groups -OCH3 is 1. The second-order valence-corrected chi connectivity index (χ2v) is 4.62. The molecule has 1 saturated carbocycles. The van der Waals surface area contributed by atoms with E-state index >= 15 is 0 Å². The molecule has 0 saturated heterocycles. The molecule has 0 heterocycles. The molecule has 0 bridgehead atoms. The molecule has 0 radical (unpaired) electrons. The molecule has 96 valence electrons. The molecule has 4 heteroatoms. The summed E-state index contributed by atoms with van der Waals surface area (Å²) in [5.74, 6) is 0.184. The topological polar surface area (TPSA) is 45.0 Å². The Morgan fingerprint density at radius 3 is 2.89 bits per heavy atom. The quantitative estimate of drug-likeness (QED) is 0.892. The summed E-state index contributed by atoms with van der Waals surface area (Å²) >= 11 is 0. The molecule has 18 heavy (non-hydrogen) atoms. The first kappa shape index (κ1) is 12.7. The van der Waals surface area contributed by atoms with Gasteiger partial charge in [0.25, 0.3) is 0 Å². The van der Waals surface area contributed by atoms with Gasteiger partial charge in [-0.2, -0.15) is 5.26 Å². The highest BCUT2D eigenvalue weighted by atomic mass is 19.1. The van der Waals surface area contributed by atoms with Crippen LogP contribution in [0.25, 0.3) is 0 Å². The van der Waals surface area contributed by atoms with Gasteiger partial charge in [-0.15, -0.1) is 0 Å². The standard InChI is InChI=1S/C14H17FN2O/c1-18-14-8-11(15)6-7-13(14)17-12-5-3-2-4-10(12)9-16/h6-8,10,12,17H,2-5H2,1H3. The van der Waals surface area contributed by atoms with Crippen LogP contribution in [-0.4, -0.2) is 13.2 Å². The molecule has 0 spiro atoms. The van der Waals surface area contributed by atoms with E-state index in [-0.39, 0.29) is 17.8 Å². The highest BCUT2D eigenvalue weighted by molar-refractivity contribution is 5.57. The van der Waals surface area contributed by atoms with Crippen molar-refractivity contribution in [1.29, 1.82) is 5.26 Å². The number of nitrogens with zero attached hydrogens (tertiary/aromatic N) is 1. The summed E-state index contributed by atoms with van der Waals surface area (Å²) in [6.07, 6.45) is 4.13. The van der Waals surface area contributed by atoms with Crippen molar-refractivity contribution in [1.82, 2.24) is 0 Å². The predicted molar refractivity (Wildman–Crippen MR) is 67.9 cm³/mol. The van der Waals surface area contributed by atoms with Crippen molar-refractivity contribution in [2.45, 2.75) is 31.7 Å². The SMILES string of the molecule is COc1cc(F)ccc1NC1CCCCC1C#N. The molecule has 1 aromatic rings. The Morgan fingerprint density at radius 1 is 1.39 bits per heavy atom. The van der Waals surface area contributed by atoms with E-state index in [0.29, 0.717) is 5.75 Å². The van der Waals surface area contributed by atoms with Gasteiger partial charge in [0.15, 0.2) is 0 Å². The lowest BCUT2D eigenvalue weighted by Crippen LogP contribution is -2.31. The Hall–Kier alpha value is -1.76. The van der Waals surface area contributed by atoms with Crippen molar-refractivity contribution in [3.63, 3.8) is 0 Å². The fourth-order valence-corrected chi connectivity index (χ4v) is 2.44. The summed E-state index contributed by atoms with van der Waals surface area (Å²) in [7, 11) is 1.52. The summed E-state index contributed by atoms with van der Waals surface area (Å²) in [6.45, 7) is 0. The van der Waals surface area contributed by atoms with E-state index in [4.69, 9.17) is 10.00 Å². The van der Waals surface area contributed by atoms with Gasteiger partial charge in [-0.3, -0.25) is 0 Å². The molecule has 1 aliphatic carbocycles. The minimum Gasteiger partial charge on any atom is -0.494 e. The maximum atomic E-state index is 13.1. The van der Waals surface area contributed by atoms with Crippen molar-refractivity contribution in [3.05, 3.63) is 24.0 Å². The second kappa shape index (κ2) is 5.72. The van der Waals surface area contributed by atoms with E-state index in [1.54, 1.807) is 6.07 Å². The lowest BCUT2D eigenvalue weighted by molar-refractivity contribution is 0.383. The van der Waals surface area contributed by atoms with Gasteiger partial charge in [0.05, 0.1) is 24.8 Å². The number of anilines is 1. The molecule has 3 nitrogen and oxygen atoms in total. The van der Waals surface area contributed by atoms with Gasteiger partial charge in [0.2, 0.25) is 0 Å². The van der Waals surface area contributed by atoms with Crippen molar-refractivity contribution in [2.24, 2.45) is 5.92 Å². The lowest BCUT2D eigenvalue weighted by Gasteiger charge is -2.29. The first-order chi connectivity index (χ1) is 8.74. The smallest absolute Gasteiger partial charge is 0.144 e. The van der Waals surface area contributed by atoms with Crippen LogP contribution in [0.3, 0.4) is 0 Å². The van der Waals surface area contributed by atoms with Gasteiger partial charge < -0.3 is 10.1 Å². The van der Waals surface area contributed by atoms with Crippen LogP contribution >= 0.6 is 0 Å². The molecular weight excluding hydrogens is 231 g/mol. The zero-order valence-electron chi connectivity index (χ0n) is 10.4. The van der Waals surface area contributed by atoms with E-state index in [1.807, 2.05) is 0 Å². The monoisotopic (exact) mass is 248 g/mol. The first-order valence-corrected chi connectivity index (χ1v) is 6.24. The summed E-state index contributed by atoms with van der Waals surface area (Å²) < 4.78 is 18.2. The Balaban J connectivity index is 2.15. The number of nitriles is 1. The third kappa shape index (κ3) is 2.73. The molecule has 1 aromatic carbocycles. The van der Waals surface area contributed by atoms with Crippen LogP contribution in [0, 0.1) is 23.1 Å². The fourth-order valence-electron chi connectivity index (χ4n) is 2.44. The summed E-state index contributed by atoms with van der Waals surface area (Å²) in [5, 5.41) is 12.4. The molecule has 1 fully saturated rings. The average Bonchev–Trinajstić information content (AvgIpc) is 2.41. The third-order valence-corrected chi connectivity index (χ3v) is 3.44. The van der Waals surface area contributed by atoms with Crippen molar-refractivity contribution in [3.8, 4) is 11.8 Å². The van der Waals surface area contributed by atoms with Gasteiger partial charge >= 0.3 is 0 Å². The normalized spacial score (nSPS) is 23.2. The van der Waals surface area contributed by atoms with Crippen LogP contribution in [0.4, 0.5) is 10.1 Å². The maximum Gasteiger partial charge on any atom is 0.144 e. The minimum atomic E-state index is -0.321. The number of benzene rings is 1. The summed E-state index contributed by atoms with van der Waals surface area (Å²) in [4.78, 5) is 0. The minimum absolute atomic E-state index is 0.0218. The number of hydrogen-bond acceptors (Lipinski definition) is 3. The molecule has 0 aromatic heterocycles. The Morgan fingerprint density at radius 2 is 2.17 bits per heavy atom. The first-order valence-electron chi connectivity index (χ1n) is 6.24. The van der Waals surface area contributed by atoms with E-state index in [9.17, 15) is 4.39 Å². The molecule has 2 atom stereocenters. The molecule has 1 N–H and O–H groups in total. The van der Waals surface area contributed by atoms with Gasteiger partial charge in [-0.05, 0) is 25.0 Å². The predicted octanol–water partition coefficient (Wildman–Crippen LogP) is 3.33. The number of halogens is 1. The van der Waals surface area contributed by atoms with Gasteiger partial charge in [0, 0.05) is 12.1 Å². The zero-order valence-corrected chi connectivity index (χ0v) is 10.4. The van der Waals surface area contributed by atoms with Crippen LogP contribution < -0.4 is 10.1 Å². The molecule has 2 rings (SSSR count). The van der Waals surface area contributed by atoms with Crippen LogP contribution in [0.15, 0.2) is 18.2 Å². The summed E-state index contributed by atoms with van der Waals surface area (Å²) in [5.41, 5.74) is 0.756. The number of rotatable bonds is 3. The largest absolute Gasteiger partial charge is 0.494 e. The fraction of sp³-hybridized carbons (Fsp3) is 0.500. The Labute approximate surface area is 107 Å². The number of hydrogen-bond donors (Lipinski definition) is 1. The van der Waals surface area contributed by atoms with Crippen LogP contribution in [0.5, 0.6) is 5.75 Å². The van der Waals surface area contributed by atoms with Crippen LogP contribution in [-0.2, 0) is 0 Å². The highest BCUT2D eigenvalue weighted by Crippen LogP contribution is 2.31. The molecule has 0 aliphatic heterocycles. The lowest BCUT2D eigenvalue weighted by atomic mass is 9.85. The third-order valence-electron chi connectivity index (χ3n) is 3.44. The van der Waals surface area contributed by atoms with Crippen LogP contribution in [0.1, 0.15) is 25.7 Å². The van der Waals surface area contributed by atoms with Gasteiger partial charge in [-0.25, -0.2) is 4.39 Å². The molecule has 0 amide bonds. The van der Waals surface area contributed by atoms with Crippen molar-refractivity contribution >= 4 is 5.69 Å². The van der Waals surface area contributed by atoms with E-state index in [0.717, 1.165) is 31.4 Å². The Kier molecular flexibility index (Phi) is 4.03. The van der Waals surface area contributed by atoms with E-state index < -0.39 is 0 Å². The second-order valence-electron chi connectivity index (χ2n) is 4.62. The maximum absolute atomic E-state index is 13.1. The van der Waals surface area contributed by atoms with Crippen LogP contribution in [0.2, 0.25) is 0 Å². The zero-order chi connectivity index (χ0) is 13.0. The average molecular weight is 248 g/mol. The van der Waals surface area contributed by atoms with Crippen molar-refractivity contribution < 1.29 is 9.13 Å². The molecular formula is C14H17FN2O. The molecule has 2 unspecified atom stereocenters. The number of ether oxygens (including phenoxy) is 1. The number of nitrogens with one attached hydrogen (secondary N) is 1. The highest BCUT2D eigenvalue weighted by Gasteiger charge is 2.25. The van der Waals surface area contributed by atoms with Gasteiger partial charge in [0.1, 0.15) is 11.6 Å².